The minimum absolute atomic E-state index is 0.0195. The molecule has 1 atom stereocenters. The number of nitrogens with zero attached hydrogens (tertiary/aromatic N) is 1. The number of halogens is 1. The van der Waals surface area contributed by atoms with Crippen LogP contribution in [0, 0.1) is 0 Å². The van der Waals surface area contributed by atoms with E-state index in [1.165, 1.54) is 5.56 Å². The summed E-state index contributed by atoms with van der Waals surface area (Å²) in [7, 11) is 0. The second-order valence-corrected chi connectivity index (χ2v) is 10.2. The number of rotatable bonds is 11. The molecule has 2 aromatic rings. The summed E-state index contributed by atoms with van der Waals surface area (Å²) >= 11 is 3.56. The van der Waals surface area contributed by atoms with Crippen LogP contribution < -0.4 is 10.1 Å². The largest absolute Gasteiger partial charge is 0.483 e. The van der Waals surface area contributed by atoms with Gasteiger partial charge in [-0.3, -0.25) is 9.59 Å². The third-order valence-corrected chi connectivity index (χ3v) is 6.25. The Morgan fingerprint density at radius 1 is 1.12 bits per heavy atom. The Hall–Kier alpha value is -2.34. The fourth-order valence-electron chi connectivity index (χ4n) is 3.41. The van der Waals surface area contributed by atoms with Crippen molar-refractivity contribution in [3.63, 3.8) is 0 Å². The summed E-state index contributed by atoms with van der Waals surface area (Å²) in [6.45, 7) is 11.2. The number of nitrogens with one attached hydrogen (secondary N) is 1. The van der Waals surface area contributed by atoms with E-state index in [4.69, 9.17) is 4.74 Å². The van der Waals surface area contributed by atoms with Crippen molar-refractivity contribution < 1.29 is 14.3 Å². The minimum Gasteiger partial charge on any atom is -0.483 e. The van der Waals surface area contributed by atoms with Gasteiger partial charge in [0.25, 0.3) is 5.91 Å². The van der Waals surface area contributed by atoms with Gasteiger partial charge in [-0.1, -0.05) is 70.5 Å². The molecular weight excluding hydrogens is 480 g/mol. The van der Waals surface area contributed by atoms with E-state index in [-0.39, 0.29) is 23.8 Å². The summed E-state index contributed by atoms with van der Waals surface area (Å²) in [4.78, 5) is 27.5. The maximum absolute atomic E-state index is 13.2. The molecule has 0 unspecified atom stereocenters. The van der Waals surface area contributed by atoms with Gasteiger partial charge in [-0.2, -0.15) is 0 Å². The van der Waals surface area contributed by atoms with Crippen LogP contribution >= 0.6 is 15.9 Å². The number of benzene rings is 2. The van der Waals surface area contributed by atoms with Gasteiger partial charge >= 0.3 is 0 Å². The molecule has 5 nitrogen and oxygen atoms in total. The van der Waals surface area contributed by atoms with Crippen LogP contribution in [-0.4, -0.2) is 42.5 Å². The van der Waals surface area contributed by atoms with Gasteiger partial charge in [-0.05, 0) is 64.4 Å². The quantitative estimate of drug-likeness (QED) is 0.401. The molecule has 180 valence electrons. The molecule has 0 saturated carbocycles. The Morgan fingerprint density at radius 3 is 2.42 bits per heavy atom. The third-order valence-electron chi connectivity index (χ3n) is 5.63. The van der Waals surface area contributed by atoms with Crippen LogP contribution in [0.4, 0.5) is 0 Å². The van der Waals surface area contributed by atoms with Crippen LogP contribution in [0.5, 0.6) is 5.75 Å². The van der Waals surface area contributed by atoms with Crippen molar-refractivity contribution in [3.05, 3.63) is 64.1 Å². The second kappa shape index (κ2) is 12.8. The SMILES string of the molecule is CCCCNC(=O)[C@@H](C)N(CCc1ccccc1)C(=O)COc1ccc(C(C)(C)C)cc1Br. The average molecular weight is 518 g/mol. The Bertz CT molecular complexity index is 909. The molecular formula is C27H37BrN2O3. The van der Waals surface area contributed by atoms with Crippen molar-refractivity contribution in [1.82, 2.24) is 10.2 Å². The Morgan fingerprint density at radius 2 is 1.82 bits per heavy atom. The molecule has 1 N–H and O–H groups in total. The molecule has 0 aliphatic heterocycles. The lowest BCUT2D eigenvalue weighted by atomic mass is 9.87. The third kappa shape index (κ3) is 8.50. The number of hydrogen-bond acceptors (Lipinski definition) is 3. The molecule has 2 aromatic carbocycles. The molecule has 0 heterocycles. The highest BCUT2D eigenvalue weighted by molar-refractivity contribution is 9.10. The molecule has 0 bridgehead atoms. The van der Waals surface area contributed by atoms with Crippen molar-refractivity contribution in [2.45, 2.75) is 65.3 Å². The van der Waals surface area contributed by atoms with Crippen molar-refractivity contribution in [2.75, 3.05) is 19.7 Å². The topological polar surface area (TPSA) is 58.6 Å². The van der Waals surface area contributed by atoms with Gasteiger partial charge in [-0.25, -0.2) is 0 Å². The summed E-state index contributed by atoms with van der Waals surface area (Å²) in [5, 5.41) is 2.94. The van der Waals surface area contributed by atoms with Crippen LogP contribution in [0.25, 0.3) is 0 Å². The first-order valence-corrected chi connectivity index (χ1v) is 12.5. The predicted molar refractivity (Wildman–Crippen MR) is 138 cm³/mol. The van der Waals surface area contributed by atoms with Crippen molar-refractivity contribution in [1.29, 1.82) is 0 Å². The summed E-state index contributed by atoms with van der Waals surface area (Å²) in [6.07, 6.45) is 2.59. The fraction of sp³-hybridized carbons (Fsp3) is 0.481. The lowest BCUT2D eigenvalue weighted by molar-refractivity contribution is -0.141. The highest BCUT2D eigenvalue weighted by atomic mass is 79.9. The molecule has 0 radical (unpaired) electrons. The number of unbranched alkanes of at least 4 members (excludes halogenated alkanes) is 1. The average Bonchev–Trinajstić information content (AvgIpc) is 2.78. The van der Waals surface area contributed by atoms with Gasteiger partial charge in [0.15, 0.2) is 6.61 Å². The molecule has 0 fully saturated rings. The fourth-order valence-corrected chi connectivity index (χ4v) is 3.91. The molecule has 0 aliphatic carbocycles. The zero-order valence-corrected chi connectivity index (χ0v) is 22.1. The summed E-state index contributed by atoms with van der Waals surface area (Å²) in [5.74, 6) is 0.260. The molecule has 6 heteroatoms. The summed E-state index contributed by atoms with van der Waals surface area (Å²) in [6, 6.07) is 15.3. The monoisotopic (exact) mass is 516 g/mol. The van der Waals surface area contributed by atoms with Crippen LogP contribution in [-0.2, 0) is 21.4 Å². The maximum atomic E-state index is 13.2. The summed E-state index contributed by atoms with van der Waals surface area (Å²) in [5.41, 5.74) is 2.32. The highest BCUT2D eigenvalue weighted by Crippen LogP contribution is 2.31. The first-order chi connectivity index (χ1) is 15.6. The predicted octanol–water partition coefficient (Wildman–Crippen LogP) is 5.50. The number of carbonyl (C=O) groups excluding carboxylic acids is 2. The molecule has 0 saturated heterocycles. The van der Waals surface area contributed by atoms with Gasteiger partial charge in [0.1, 0.15) is 11.8 Å². The van der Waals surface area contributed by atoms with E-state index in [9.17, 15) is 9.59 Å². The zero-order valence-electron chi connectivity index (χ0n) is 20.5. The molecule has 0 aromatic heterocycles. The zero-order chi connectivity index (χ0) is 24.4. The van der Waals surface area contributed by atoms with E-state index >= 15 is 0 Å². The van der Waals surface area contributed by atoms with Gasteiger partial charge in [0.2, 0.25) is 5.91 Å². The Balaban J connectivity index is 2.09. The minimum atomic E-state index is -0.576. The molecule has 33 heavy (non-hydrogen) atoms. The standard InChI is InChI=1S/C27H37BrN2O3/c1-6-7-16-29-26(32)20(2)30(17-15-21-11-9-8-10-12-21)25(31)19-33-24-14-13-22(18-23(24)28)27(3,4)5/h8-14,18,20H,6-7,15-17,19H2,1-5H3,(H,29,32)/t20-/m1/s1. The highest BCUT2D eigenvalue weighted by Gasteiger charge is 2.26. The van der Waals surface area contributed by atoms with Gasteiger partial charge in [0.05, 0.1) is 4.47 Å². The molecule has 2 rings (SSSR count). The van der Waals surface area contributed by atoms with Crippen molar-refractivity contribution in [3.8, 4) is 5.75 Å². The summed E-state index contributed by atoms with van der Waals surface area (Å²) < 4.78 is 6.67. The van der Waals surface area contributed by atoms with Gasteiger partial charge in [0, 0.05) is 13.1 Å². The van der Waals surface area contributed by atoms with Crippen LogP contribution in [0.1, 0.15) is 58.6 Å². The van der Waals surface area contributed by atoms with E-state index in [1.807, 2.05) is 48.5 Å². The Kier molecular flexibility index (Phi) is 10.4. The maximum Gasteiger partial charge on any atom is 0.261 e. The van der Waals surface area contributed by atoms with Gasteiger partial charge in [-0.15, -0.1) is 0 Å². The normalized spacial score (nSPS) is 12.2. The molecule has 0 spiro atoms. The van der Waals surface area contributed by atoms with E-state index < -0.39 is 6.04 Å². The van der Waals surface area contributed by atoms with E-state index in [0.29, 0.717) is 25.3 Å². The molecule has 0 aliphatic rings. The number of carbonyl (C=O) groups is 2. The molecule has 2 amide bonds. The van der Waals surface area contributed by atoms with E-state index in [2.05, 4.69) is 48.9 Å². The smallest absolute Gasteiger partial charge is 0.261 e. The number of ether oxygens (including phenoxy) is 1. The number of hydrogen-bond donors (Lipinski definition) is 1. The van der Waals surface area contributed by atoms with Crippen LogP contribution in [0.2, 0.25) is 0 Å². The van der Waals surface area contributed by atoms with Crippen LogP contribution in [0.15, 0.2) is 53.0 Å². The first-order valence-electron chi connectivity index (χ1n) is 11.7. The van der Waals surface area contributed by atoms with Gasteiger partial charge < -0.3 is 15.0 Å². The van der Waals surface area contributed by atoms with Crippen molar-refractivity contribution >= 4 is 27.7 Å². The number of amides is 2. The van der Waals surface area contributed by atoms with Crippen LogP contribution in [0.3, 0.4) is 0 Å². The van der Waals surface area contributed by atoms with E-state index in [0.717, 1.165) is 22.9 Å². The first kappa shape index (κ1) is 26.9. The lowest BCUT2D eigenvalue weighted by Gasteiger charge is -2.29. The lowest BCUT2D eigenvalue weighted by Crippen LogP contribution is -2.50. The van der Waals surface area contributed by atoms with E-state index in [1.54, 1.807) is 11.8 Å². The Labute approximate surface area is 207 Å². The van der Waals surface area contributed by atoms with Crippen molar-refractivity contribution in [2.24, 2.45) is 0 Å². The second-order valence-electron chi connectivity index (χ2n) is 9.33.